The van der Waals surface area contributed by atoms with E-state index in [0.717, 1.165) is 22.3 Å². The van der Waals surface area contributed by atoms with Gasteiger partial charge in [-0.05, 0) is 49.6 Å². The maximum absolute atomic E-state index is 12.1. The van der Waals surface area contributed by atoms with Crippen LogP contribution in [0.2, 0.25) is 0 Å². The van der Waals surface area contributed by atoms with Crippen LogP contribution in [-0.4, -0.2) is 89.8 Å². The highest BCUT2D eigenvalue weighted by Crippen LogP contribution is 2.40. The molecule has 2 rings (SSSR count). The van der Waals surface area contributed by atoms with Crippen molar-refractivity contribution in [3.63, 3.8) is 0 Å². The van der Waals surface area contributed by atoms with E-state index in [1.165, 1.54) is 0 Å². The number of carbonyl (C=O) groups excluding carboxylic acids is 1. The van der Waals surface area contributed by atoms with Crippen molar-refractivity contribution in [2.24, 2.45) is 0 Å². The molecule has 2 aromatic rings. The molecule has 11 heteroatoms. The summed E-state index contributed by atoms with van der Waals surface area (Å²) in [6.45, 7) is 8.44. The lowest BCUT2D eigenvalue weighted by molar-refractivity contribution is -0.139. The van der Waals surface area contributed by atoms with Crippen molar-refractivity contribution >= 4 is 12.1 Å². The number of amides is 1. The molecular formula is C30H43NO10. The van der Waals surface area contributed by atoms with Crippen LogP contribution < -0.4 is 14.8 Å². The van der Waals surface area contributed by atoms with Gasteiger partial charge >= 0.3 is 12.1 Å². The van der Waals surface area contributed by atoms with E-state index >= 15 is 0 Å². The van der Waals surface area contributed by atoms with Gasteiger partial charge in [0, 0.05) is 13.5 Å². The molecule has 1 atom stereocenters. The number of methoxy groups -OCH3 is 3. The molecule has 0 unspecified atom stereocenters. The van der Waals surface area contributed by atoms with Gasteiger partial charge in [-0.15, -0.1) is 0 Å². The summed E-state index contributed by atoms with van der Waals surface area (Å²) in [4.78, 5) is 23.8. The van der Waals surface area contributed by atoms with Crippen LogP contribution in [0.25, 0.3) is 11.1 Å². The van der Waals surface area contributed by atoms with E-state index in [0.29, 0.717) is 57.7 Å². The molecule has 0 bridgehead atoms. The Morgan fingerprint density at radius 1 is 0.805 bits per heavy atom. The van der Waals surface area contributed by atoms with Crippen LogP contribution in [0.5, 0.6) is 11.5 Å². The van der Waals surface area contributed by atoms with E-state index < -0.39 is 23.7 Å². The second-order valence-electron chi connectivity index (χ2n) is 10.1. The fourth-order valence-corrected chi connectivity index (χ4v) is 3.80. The van der Waals surface area contributed by atoms with Gasteiger partial charge in [-0.3, -0.25) is 0 Å². The average Bonchev–Trinajstić information content (AvgIpc) is 2.92. The van der Waals surface area contributed by atoms with Gasteiger partial charge in [0.2, 0.25) is 0 Å². The quantitative estimate of drug-likeness (QED) is 0.250. The highest BCUT2D eigenvalue weighted by atomic mass is 16.6. The molecule has 228 valence electrons. The third-order valence-corrected chi connectivity index (χ3v) is 5.68. The van der Waals surface area contributed by atoms with E-state index in [4.69, 9.17) is 33.2 Å². The number of carbonyl (C=O) groups is 2. The average molecular weight is 578 g/mol. The summed E-state index contributed by atoms with van der Waals surface area (Å²) in [5, 5.41) is 12.0. The summed E-state index contributed by atoms with van der Waals surface area (Å²) in [5.41, 5.74) is 2.44. The van der Waals surface area contributed by atoms with Crippen molar-refractivity contribution in [3.05, 3.63) is 47.5 Å². The van der Waals surface area contributed by atoms with Crippen molar-refractivity contribution in [2.75, 3.05) is 61.0 Å². The van der Waals surface area contributed by atoms with Crippen LogP contribution in [0.4, 0.5) is 4.79 Å². The number of aliphatic carboxylic acids is 1. The molecule has 0 aliphatic heterocycles. The highest BCUT2D eigenvalue weighted by Gasteiger charge is 2.24. The van der Waals surface area contributed by atoms with Crippen LogP contribution in [-0.2, 0) is 41.5 Å². The molecule has 0 radical (unpaired) electrons. The predicted octanol–water partition coefficient (Wildman–Crippen LogP) is 4.09. The van der Waals surface area contributed by atoms with Crippen LogP contribution in [0.15, 0.2) is 36.4 Å². The molecule has 41 heavy (non-hydrogen) atoms. The molecule has 0 spiro atoms. The molecule has 0 saturated heterocycles. The zero-order valence-electron chi connectivity index (χ0n) is 24.8. The van der Waals surface area contributed by atoms with Gasteiger partial charge in [0.15, 0.2) is 0 Å². The lowest BCUT2D eigenvalue weighted by Crippen LogP contribution is -2.44. The molecule has 0 saturated carbocycles. The van der Waals surface area contributed by atoms with Gasteiger partial charge in [0.25, 0.3) is 0 Å². The summed E-state index contributed by atoms with van der Waals surface area (Å²) in [5.74, 6) is 0.0601. The standard InChI is InChI=1S/C30H43NO10/c1-30(2,3)41-29(34)31-24(28(32)33)17-21-7-9-23(10-8-21)27-25(36-5)18-22(19-26(27)37-6)20-40-16-15-39-14-13-38-12-11-35-4/h7-10,18-19,24H,11-17,20H2,1-6H3,(H,31,34)(H,32,33)/t24-/m0/s1. The zero-order chi connectivity index (χ0) is 30.3. The van der Waals surface area contributed by atoms with E-state index in [9.17, 15) is 14.7 Å². The molecule has 11 nitrogen and oxygen atoms in total. The minimum Gasteiger partial charge on any atom is -0.496 e. The summed E-state index contributed by atoms with van der Waals surface area (Å²) >= 11 is 0. The van der Waals surface area contributed by atoms with Crippen molar-refractivity contribution in [2.45, 2.75) is 45.4 Å². The minimum absolute atomic E-state index is 0.0873. The molecular weight excluding hydrogens is 534 g/mol. The third kappa shape index (κ3) is 12.3. The topological polar surface area (TPSA) is 131 Å². The summed E-state index contributed by atoms with van der Waals surface area (Å²) < 4.78 is 38.1. The van der Waals surface area contributed by atoms with Gasteiger partial charge in [-0.25, -0.2) is 9.59 Å². The first kappa shape index (κ1) is 33.8. The number of rotatable bonds is 18. The van der Waals surface area contributed by atoms with Gasteiger partial charge in [0.1, 0.15) is 23.1 Å². The summed E-state index contributed by atoms with van der Waals surface area (Å²) in [6.07, 6.45) is -0.694. The van der Waals surface area contributed by atoms with Gasteiger partial charge in [-0.1, -0.05) is 24.3 Å². The monoisotopic (exact) mass is 577 g/mol. The number of alkyl carbamates (subject to hydrolysis) is 1. The molecule has 2 aromatic carbocycles. The summed E-state index contributed by atoms with van der Waals surface area (Å²) in [7, 11) is 4.79. The van der Waals surface area contributed by atoms with E-state index in [1.807, 2.05) is 24.3 Å². The number of benzene rings is 2. The molecule has 0 fully saturated rings. The van der Waals surface area contributed by atoms with Crippen LogP contribution >= 0.6 is 0 Å². The Bertz CT molecular complexity index is 1060. The van der Waals surface area contributed by atoms with E-state index in [-0.39, 0.29) is 6.42 Å². The number of hydrogen-bond donors (Lipinski definition) is 2. The SMILES string of the molecule is COCCOCCOCCOCc1cc(OC)c(-c2ccc(C[C@H](NC(=O)OC(C)(C)C)C(=O)O)cc2)c(OC)c1. The Kier molecular flexibility index (Phi) is 14.4. The number of ether oxygens (including phenoxy) is 7. The Labute approximate surface area is 242 Å². The molecule has 0 heterocycles. The summed E-state index contributed by atoms with van der Waals surface area (Å²) in [6, 6.07) is 9.96. The first-order chi connectivity index (χ1) is 19.6. The van der Waals surface area contributed by atoms with Crippen LogP contribution in [0.1, 0.15) is 31.9 Å². The van der Waals surface area contributed by atoms with Gasteiger partial charge < -0.3 is 43.6 Å². The number of nitrogens with one attached hydrogen (secondary N) is 1. The van der Waals surface area contributed by atoms with Crippen molar-refractivity contribution in [3.8, 4) is 22.6 Å². The van der Waals surface area contributed by atoms with Gasteiger partial charge in [0.05, 0.1) is 66.0 Å². The fourth-order valence-electron chi connectivity index (χ4n) is 3.80. The van der Waals surface area contributed by atoms with Gasteiger partial charge in [-0.2, -0.15) is 0 Å². The van der Waals surface area contributed by atoms with Crippen LogP contribution in [0, 0.1) is 0 Å². The second-order valence-corrected chi connectivity index (χ2v) is 10.1. The normalized spacial score (nSPS) is 12.0. The maximum Gasteiger partial charge on any atom is 0.408 e. The first-order valence-corrected chi connectivity index (χ1v) is 13.4. The largest absolute Gasteiger partial charge is 0.496 e. The van der Waals surface area contributed by atoms with Crippen molar-refractivity contribution < 1.29 is 47.9 Å². The molecule has 1 amide bonds. The van der Waals surface area contributed by atoms with Crippen LogP contribution in [0.3, 0.4) is 0 Å². The van der Waals surface area contributed by atoms with E-state index in [2.05, 4.69) is 5.32 Å². The minimum atomic E-state index is -1.15. The molecule has 0 aliphatic carbocycles. The molecule has 0 aromatic heterocycles. The maximum atomic E-state index is 12.1. The smallest absolute Gasteiger partial charge is 0.408 e. The number of carboxylic acids is 1. The lowest BCUT2D eigenvalue weighted by atomic mass is 9.98. The number of hydrogen-bond acceptors (Lipinski definition) is 9. The van der Waals surface area contributed by atoms with Crippen molar-refractivity contribution in [1.29, 1.82) is 0 Å². The van der Waals surface area contributed by atoms with E-state index in [1.54, 1.807) is 54.2 Å². The highest BCUT2D eigenvalue weighted by molar-refractivity contribution is 5.81. The number of carboxylic acid groups (broad SMARTS) is 1. The Hall–Kier alpha value is -3.38. The third-order valence-electron chi connectivity index (χ3n) is 5.68. The molecule has 0 aliphatic rings. The second kappa shape index (κ2) is 17.4. The fraction of sp³-hybridized carbons (Fsp3) is 0.533. The van der Waals surface area contributed by atoms with Crippen molar-refractivity contribution in [1.82, 2.24) is 5.32 Å². The predicted molar refractivity (Wildman–Crippen MR) is 153 cm³/mol. The Morgan fingerprint density at radius 2 is 1.34 bits per heavy atom. The lowest BCUT2D eigenvalue weighted by Gasteiger charge is -2.22. The Morgan fingerprint density at radius 3 is 1.83 bits per heavy atom. The zero-order valence-corrected chi connectivity index (χ0v) is 24.8. The first-order valence-electron chi connectivity index (χ1n) is 13.4. The molecule has 2 N–H and O–H groups in total. The Balaban J connectivity index is 2.01.